The largest absolute Gasteiger partial charge is 0.465 e. The Hall–Kier alpha value is -2.84. The fourth-order valence-electron chi connectivity index (χ4n) is 3.30. The highest BCUT2D eigenvalue weighted by molar-refractivity contribution is 9.10. The van der Waals surface area contributed by atoms with E-state index in [1.807, 2.05) is 24.3 Å². The minimum Gasteiger partial charge on any atom is -0.465 e. The van der Waals surface area contributed by atoms with Gasteiger partial charge in [-0.25, -0.2) is 4.90 Å². The summed E-state index contributed by atoms with van der Waals surface area (Å²) in [5.74, 6) is -0.703. The van der Waals surface area contributed by atoms with Crippen molar-refractivity contribution in [2.75, 3.05) is 11.5 Å². The Bertz CT molecular complexity index is 1190. The summed E-state index contributed by atoms with van der Waals surface area (Å²) in [6.45, 7) is 2.13. The zero-order chi connectivity index (χ0) is 21.3. The molecule has 1 aliphatic heterocycles. The molecular weight excluding hydrogens is 468 g/mol. The van der Waals surface area contributed by atoms with Crippen molar-refractivity contribution in [1.29, 1.82) is 0 Å². The molecule has 8 heteroatoms. The number of fused-ring (bicyclic) bond motifs is 1. The average Bonchev–Trinajstić information content (AvgIpc) is 3.19. The minimum absolute atomic E-state index is 0.0608. The number of benzene rings is 2. The summed E-state index contributed by atoms with van der Waals surface area (Å²) in [5.41, 5.74) is 2.12. The SMILES string of the molecule is CCOC(=O)Cn1cc(/C=C2\SC(=O)N(c3ccccc3)C2=O)c2cc(Br)ccc21. The second kappa shape index (κ2) is 8.49. The van der Waals surface area contributed by atoms with Crippen LogP contribution in [0.4, 0.5) is 10.5 Å². The summed E-state index contributed by atoms with van der Waals surface area (Å²) in [6, 6.07) is 14.5. The van der Waals surface area contributed by atoms with Crippen molar-refractivity contribution in [2.24, 2.45) is 0 Å². The molecule has 1 aliphatic rings. The van der Waals surface area contributed by atoms with Crippen molar-refractivity contribution in [3.05, 3.63) is 69.7 Å². The van der Waals surface area contributed by atoms with E-state index in [-0.39, 0.29) is 23.7 Å². The number of ether oxygens (including phenoxy) is 1. The average molecular weight is 485 g/mol. The van der Waals surface area contributed by atoms with Gasteiger partial charge in [0.2, 0.25) is 0 Å². The van der Waals surface area contributed by atoms with Crippen LogP contribution in [0.15, 0.2) is 64.1 Å². The molecule has 0 spiro atoms. The molecule has 1 aromatic heterocycles. The van der Waals surface area contributed by atoms with Crippen LogP contribution < -0.4 is 4.90 Å². The van der Waals surface area contributed by atoms with E-state index < -0.39 is 0 Å². The van der Waals surface area contributed by atoms with E-state index in [9.17, 15) is 14.4 Å². The molecule has 2 heterocycles. The predicted molar refractivity (Wildman–Crippen MR) is 121 cm³/mol. The van der Waals surface area contributed by atoms with Gasteiger partial charge >= 0.3 is 5.97 Å². The molecule has 0 saturated carbocycles. The van der Waals surface area contributed by atoms with Gasteiger partial charge in [0.1, 0.15) is 6.54 Å². The molecule has 0 bridgehead atoms. The normalized spacial score (nSPS) is 15.4. The number of para-hydroxylation sites is 1. The number of amides is 2. The number of nitrogens with zero attached hydrogens (tertiary/aromatic N) is 2. The first-order valence-corrected chi connectivity index (χ1v) is 10.9. The van der Waals surface area contributed by atoms with Gasteiger partial charge in [0.05, 0.1) is 17.2 Å². The first-order valence-electron chi connectivity index (χ1n) is 9.25. The molecule has 30 heavy (non-hydrogen) atoms. The highest BCUT2D eigenvalue weighted by atomic mass is 79.9. The molecule has 0 N–H and O–H groups in total. The Labute approximate surface area is 185 Å². The molecule has 0 radical (unpaired) electrons. The van der Waals surface area contributed by atoms with E-state index in [1.54, 1.807) is 48.0 Å². The smallest absolute Gasteiger partial charge is 0.325 e. The number of carbonyl (C=O) groups is 3. The Morgan fingerprint density at radius 2 is 1.93 bits per heavy atom. The number of hydrogen-bond acceptors (Lipinski definition) is 5. The molecule has 152 valence electrons. The summed E-state index contributed by atoms with van der Waals surface area (Å²) in [7, 11) is 0. The van der Waals surface area contributed by atoms with Crippen LogP contribution in [0.2, 0.25) is 0 Å². The Balaban J connectivity index is 1.73. The third kappa shape index (κ3) is 3.93. The highest BCUT2D eigenvalue weighted by Crippen LogP contribution is 2.37. The van der Waals surface area contributed by atoms with Crippen molar-refractivity contribution in [3.8, 4) is 0 Å². The number of esters is 1. The second-order valence-electron chi connectivity index (χ2n) is 6.53. The van der Waals surface area contributed by atoms with Crippen LogP contribution in [-0.4, -0.2) is 28.3 Å². The van der Waals surface area contributed by atoms with Gasteiger partial charge in [0, 0.05) is 27.1 Å². The maximum Gasteiger partial charge on any atom is 0.325 e. The molecule has 3 aromatic rings. The zero-order valence-electron chi connectivity index (χ0n) is 16.0. The summed E-state index contributed by atoms with van der Waals surface area (Å²) >= 11 is 4.37. The number of thioether (sulfide) groups is 1. The van der Waals surface area contributed by atoms with Crippen molar-refractivity contribution in [1.82, 2.24) is 4.57 Å². The molecule has 0 unspecified atom stereocenters. The van der Waals surface area contributed by atoms with E-state index in [1.165, 1.54) is 4.90 Å². The Morgan fingerprint density at radius 1 is 1.17 bits per heavy atom. The lowest BCUT2D eigenvalue weighted by molar-refractivity contribution is -0.143. The minimum atomic E-state index is -0.363. The van der Waals surface area contributed by atoms with E-state index in [0.717, 1.165) is 32.7 Å². The maximum atomic E-state index is 12.9. The van der Waals surface area contributed by atoms with Crippen LogP contribution in [0.25, 0.3) is 17.0 Å². The van der Waals surface area contributed by atoms with E-state index in [0.29, 0.717) is 17.2 Å². The number of anilines is 1. The monoisotopic (exact) mass is 484 g/mol. The van der Waals surface area contributed by atoms with E-state index in [4.69, 9.17) is 4.74 Å². The lowest BCUT2D eigenvalue weighted by Crippen LogP contribution is -2.27. The first-order chi connectivity index (χ1) is 14.5. The van der Waals surface area contributed by atoms with Crippen molar-refractivity contribution >= 4 is 67.5 Å². The highest BCUT2D eigenvalue weighted by Gasteiger charge is 2.36. The summed E-state index contributed by atoms with van der Waals surface area (Å²) in [6.07, 6.45) is 3.49. The quantitative estimate of drug-likeness (QED) is 0.367. The van der Waals surface area contributed by atoms with Crippen molar-refractivity contribution < 1.29 is 19.1 Å². The first kappa shape index (κ1) is 20.4. The number of carbonyl (C=O) groups excluding carboxylic acids is 3. The molecule has 6 nitrogen and oxygen atoms in total. The summed E-state index contributed by atoms with van der Waals surface area (Å²) < 4.78 is 7.72. The van der Waals surface area contributed by atoms with Crippen LogP contribution in [0.1, 0.15) is 12.5 Å². The fraction of sp³-hybridized carbons (Fsp3) is 0.136. The summed E-state index contributed by atoms with van der Waals surface area (Å²) in [4.78, 5) is 38.9. The van der Waals surface area contributed by atoms with Crippen LogP contribution in [0.5, 0.6) is 0 Å². The molecular formula is C22H17BrN2O4S. The van der Waals surface area contributed by atoms with Gasteiger partial charge in [0.15, 0.2) is 0 Å². The molecule has 2 amide bonds. The molecule has 0 aliphatic carbocycles. The number of rotatable bonds is 5. The van der Waals surface area contributed by atoms with Crippen LogP contribution in [0, 0.1) is 0 Å². The second-order valence-corrected chi connectivity index (χ2v) is 8.44. The number of imide groups is 1. The third-order valence-electron chi connectivity index (χ3n) is 4.57. The third-order valence-corrected chi connectivity index (χ3v) is 5.94. The van der Waals surface area contributed by atoms with Crippen molar-refractivity contribution in [3.63, 3.8) is 0 Å². The lowest BCUT2D eigenvalue weighted by Gasteiger charge is -2.11. The van der Waals surface area contributed by atoms with Gasteiger partial charge < -0.3 is 9.30 Å². The summed E-state index contributed by atoms with van der Waals surface area (Å²) in [5, 5.41) is 0.522. The topological polar surface area (TPSA) is 68.6 Å². The molecule has 0 atom stereocenters. The molecule has 4 rings (SSSR count). The van der Waals surface area contributed by atoms with Gasteiger partial charge in [-0.2, -0.15) is 0 Å². The zero-order valence-corrected chi connectivity index (χ0v) is 18.4. The maximum absolute atomic E-state index is 12.9. The van der Waals surface area contributed by atoms with Crippen LogP contribution in [-0.2, 0) is 20.9 Å². The Morgan fingerprint density at radius 3 is 2.67 bits per heavy atom. The van der Waals surface area contributed by atoms with E-state index >= 15 is 0 Å². The number of aromatic nitrogens is 1. The molecule has 1 saturated heterocycles. The van der Waals surface area contributed by atoms with E-state index in [2.05, 4.69) is 15.9 Å². The number of hydrogen-bond donors (Lipinski definition) is 0. The van der Waals surface area contributed by atoms with Gasteiger partial charge in [-0.05, 0) is 55.1 Å². The van der Waals surface area contributed by atoms with Crippen molar-refractivity contribution in [2.45, 2.75) is 13.5 Å². The number of halogens is 1. The predicted octanol–water partition coefficient (Wildman–Crippen LogP) is 5.21. The van der Waals surface area contributed by atoms with Gasteiger partial charge in [-0.1, -0.05) is 34.1 Å². The molecule has 1 fully saturated rings. The standard InChI is InChI=1S/C22H17BrN2O4S/c1-2-29-20(26)13-24-12-14(17-11-15(23)8-9-18(17)24)10-19-21(27)25(22(28)30-19)16-6-4-3-5-7-16/h3-12H,2,13H2,1H3/b19-10-. The van der Waals surface area contributed by atoms with Crippen LogP contribution >= 0.6 is 27.7 Å². The van der Waals surface area contributed by atoms with Gasteiger partial charge in [-0.3, -0.25) is 14.4 Å². The lowest BCUT2D eigenvalue weighted by atomic mass is 10.1. The molecule has 2 aromatic carbocycles. The van der Waals surface area contributed by atoms with Gasteiger partial charge in [0.25, 0.3) is 11.1 Å². The van der Waals surface area contributed by atoms with Crippen LogP contribution in [0.3, 0.4) is 0 Å². The van der Waals surface area contributed by atoms with Gasteiger partial charge in [-0.15, -0.1) is 0 Å². The Kier molecular flexibility index (Phi) is 5.78. The fourth-order valence-corrected chi connectivity index (χ4v) is 4.49.